The monoisotopic (exact) mass is 935 g/mol. The molecule has 0 fully saturated rings. The predicted molar refractivity (Wildman–Crippen MR) is 300 cm³/mol. The van der Waals surface area contributed by atoms with Crippen LogP contribution >= 0.6 is 0 Å². The summed E-state index contributed by atoms with van der Waals surface area (Å²) in [4.78, 5) is 9.99. The van der Waals surface area contributed by atoms with Crippen molar-refractivity contribution in [2.75, 3.05) is 16.5 Å². The lowest BCUT2D eigenvalue weighted by atomic mass is 9.78. The summed E-state index contributed by atoms with van der Waals surface area (Å²) in [6.45, 7) is 30.5. The summed E-state index contributed by atoms with van der Waals surface area (Å²) in [6.07, 6.45) is 1.95. The zero-order valence-corrected chi connectivity index (χ0v) is 44.1. The number of rotatable bonds is 9. The van der Waals surface area contributed by atoms with Crippen LogP contribution in [0.2, 0.25) is 0 Å². The lowest BCUT2D eigenvalue weighted by Gasteiger charge is -2.29. The number of ether oxygens (including phenoxy) is 1. The molecule has 0 radical (unpaired) electrons. The van der Waals surface area contributed by atoms with Crippen LogP contribution in [0.1, 0.15) is 129 Å². The molecule has 0 aliphatic carbocycles. The fraction of sp³-hybridized carbons (Fsp3) is 0.288. The first-order chi connectivity index (χ1) is 33.6. The molecule has 0 unspecified atom stereocenters. The molecule has 3 heterocycles. The van der Waals surface area contributed by atoms with Crippen LogP contribution in [0.15, 0.2) is 176 Å². The van der Waals surface area contributed by atoms with Gasteiger partial charge in [-0.3, -0.25) is 4.57 Å². The van der Waals surface area contributed by atoms with E-state index in [-0.39, 0.29) is 27.1 Å². The first-order valence-electron chi connectivity index (χ1n) is 25.4. The molecule has 71 heavy (non-hydrogen) atoms. The second kappa shape index (κ2) is 17.3. The Morgan fingerprint density at radius 3 is 1.62 bits per heavy atom. The molecule has 5 heteroatoms. The largest absolute Gasteiger partial charge is 0.457 e. The average Bonchev–Trinajstić information content (AvgIpc) is 3.89. The molecule has 0 bridgehead atoms. The van der Waals surface area contributed by atoms with Gasteiger partial charge in [0.15, 0.2) is 0 Å². The molecule has 9 aromatic rings. The molecule has 0 saturated carbocycles. The highest BCUT2D eigenvalue weighted by Gasteiger charge is 2.33. The van der Waals surface area contributed by atoms with Crippen molar-refractivity contribution in [2.45, 2.75) is 117 Å². The number of aromatic nitrogens is 2. The van der Waals surface area contributed by atoms with Crippen molar-refractivity contribution >= 4 is 44.6 Å². The van der Waals surface area contributed by atoms with E-state index in [1.165, 1.54) is 61.4 Å². The third-order valence-electron chi connectivity index (χ3n) is 15.2. The summed E-state index contributed by atoms with van der Waals surface area (Å²) in [5, 5.41) is 2.34. The average molecular weight is 935 g/mol. The second-order valence-electron chi connectivity index (χ2n) is 24.0. The molecule has 0 spiro atoms. The summed E-state index contributed by atoms with van der Waals surface area (Å²) in [5.74, 6) is 2.43. The van der Waals surface area contributed by atoms with Crippen LogP contribution in [-0.4, -0.2) is 16.2 Å². The minimum Gasteiger partial charge on any atom is -0.457 e. The van der Waals surface area contributed by atoms with E-state index < -0.39 is 0 Å². The van der Waals surface area contributed by atoms with Gasteiger partial charge in [0.1, 0.15) is 24.0 Å². The molecule has 10 rings (SSSR count). The summed E-state index contributed by atoms with van der Waals surface area (Å²) in [5.41, 5.74) is 15.0. The molecular formula is C66H70N4O. The van der Waals surface area contributed by atoms with Gasteiger partial charge < -0.3 is 14.5 Å². The molecule has 0 N–H and O–H groups in total. The molecule has 1 aliphatic rings. The van der Waals surface area contributed by atoms with Crippen LogP contribution in [0.25, 0.3) is 27.6 Å². The Kier molecular flexibility index (Phi) is 11.6. The van der Waals surface area contributed by atoms with E-state index in [2.05, 4.69) is 274 Å². The lowest BCUT2D eigenvalue weighted by Crippen LogP contribution is -2.25. The summed E-state index contributed by atoms with van der Waals surface area (Å²) in [6, 6.07) is 62.5. The van der Waals surface area contributed by atoms with Gasteiger partial charge in [-0.05, 0) is 128 Å². The van der Waals surface area contributed by atoms with Gasteiger partial charge in [-0.25, -0.2) is 4.98 Å². The maximum atomic E-state index is 7.20. The van der Waals surface area contributed by atoms with E-state index >= 15 is 0 Å². The van der Waals surface area contributed by atoms with E-state index in [9.17, 15) is 0 Å². The topological polar surface area (TPSA) is 33.5 Å². The fourth-order valence-electron chi connectivity index (χ4n) is 10.4. The summed E-state index contributed by atoms with van der Waals surface area (Å²) < 4.78 is 9.52. The highest BCUT2D eigenvalue weighted by molar-refractivity contribution is 6.10. The van der Waals surface area contributed by atoms with Crippen molar-refractivity contribution in [3.05, 3.63) is 215 Å². The Balaban J connectivity index is 1.13. The number of hydrogen-bond acceptors (Lipinski definition) is 4. The molecule has 0 atom stereocenters. The highest BCUT2D eigenvalue weighted by atomic mass is 16.5. The Morgan fingerprint density at radius 1 is 0.380 bits per heavy atom. The van der Waals surface area contributed by atoms with Crippen LogP contribution < -0.4 is 14.5 Å². The van der Waals surface area contributed by atoms with Crippen molar-refractivity contribution in [1.82, 2.24) is 9.55 Å². The molecule has 0 saturated heterocycles. The van der Waals surface area contributed by atoms with E-state index in [1.807, 2.05) is 6.20 Å². The predicted octanol–water partition coefficient (Wildman–Crippen LogP) is 17.8. The fourth-order valence-corrected chi connectivity index (χ4v) is 10.4. The third kappa shape index (κ3) is 8.90. The maximum Gasteiger partial charge on any atom is 0.137 e. The van der Waals surface area contributed by atoms with Crippen molar-refractivity contribution in [1.29, 1.82) is 0 Å². The molecule has 2 aromatic heterocycles. The number of anilines is 4. The van der Waals surface area contributed by atoms with Crippen LogP contribution in [0.4, 0.5) is 22.7 Å². The van der Waals surface area contributed by atoms with Crippen LogP contribution in [0, 0.1) is 0 Å². The van der Waals surface area contributed by atoms with E-state index in [4.69, 9.17) is 9.72 Å². The summed E-state index contributed by atoms with van der Waals surface area (Å²) in [7, 11) is 0. The molecule has 7 aromatic carbocycles. The van der Waals surface area contributed by atoms with E-state index in [0.717, 1.165) is 39.4 Å². The first kappa shape index (κ1) is 47.6. The quantitative estimate of drug-likeness (QED) is 0.144. The number of benzene rings is 7. The van der Waals surface area contributed by atoms with Gasteiger partial charge in [-0.15, -0.1) is 0 Å². The molecule has 5 nitrogen and oxygen atoms in total. The molecule has 360 valence electrons. The standard InChI is InChI=1S/C66H70N4O/c1-62(2,3)46-25-20-26-51(35-46)68-43-69(58-32-27-47(39-60(58)68)63(4,5)6)52-36-50(66(12,13)45-23-18-15-19-24-45)37-54(41-52)71-53-29-30-55-56-38-49(65(10,11)44-21-16-14-17-22-44)28-31-57(56)70(59(55)42-53)61-40-48(33-34-67-61)64(7,8)9/h14-42H,43H2,1-13H3. The Labute approximate surface area is 422 Å². The van der Waals surface area contributed by atoms with Gasteiger partial charge in [0.25, 0.3) is 0 Å². The van der Waals surface area contributed by atoms with Crippen molar-refractivity contribution in [3.63, 3.8) is 0 Å². The van der Waals surface area contributed by atoms with Gasteiger partial charge >= 0.3 is 0 Å². The lowest BCUT2D eigenvalue weighted by molar-refractivity contribution is 0.480. The van der Waals surface area contributed by atoms with E-state index in [0.29, 0.717) is 6.67 Å². The van der Waals surface area contributed by atoms with E-state index in [1.54, 1.807) is 0 Å². The minimum atomic E-state index is -0.333. The van der Waals surface area contributed by atoms with Gasteiger partial charge in [0, 0.05) is 51.3 Å². The minimum absolute atomic E-state index is 0.0126. The smallest absolute Gasteiger partial charge is 0.137 e. The number of hydrogen-bond donors (Lipinski definition) is 0. The maximum absolute atomic E-state index is 7.20. The van der Waals surface area contributed by atoms with Crippen LogP contribution in [-0.2, 0) is 27.1 Å². The summed E-state index contributed by atoms with van der Waals surface area (Å²) >= 11 is 0. The zero-order valence-electron chi connectivity index (χ0n) is 44.1. The Morgan fingerprint density at radius 2 is 0.958 bits per heavy atom. The van der Waals surface area contributed by atoms with Gasteiger partial charge in [-0.2, -0.15) is 0 Å². The highest BCUT2D eigenvalue weighted by Crippen LogP contribution is 2.49. The zero-order chi connectivity index (χ0) is 50.3. The van der Waals surface area contributed by atoms with Crippen molar-refractivity contribution < 1.29 is 4.74 Å². The molecule has 1 aliphatic heterocycles. The number of nitrogens with zero attached hydrogens (tertiary/aromatic N) is 4. The van der Waals surface area contributed by atoms with Gasteiger partial charge in [0.2, 0.25) is 0 Å². The Bertz CT molecular complexity index is 3430. The second-order valence-corrected chi connectivity index (χ2v) is 24.0. The van der Waals surface area contributed by atoms with Crippen LogP contribution in [0.3, 0.4) is 0 Å². The van der Waals surface area contributed by atoms with Gasteiger partial charge in [-0.1, -0.05) is 175 Å². The SMILES string of the molecule is CC(C)(C)c1cccc(N2CN(c3cc(Oc4ccc5c6cc(C(C)(C)c7ccccc7)ccc6n(-c6cc(C(C)(C)C)ccn6)c5c4)cc(C(C)(C)c4ccccc4)c3)c3ccc(C(C)(C)C)cc32)c1. The normalized spacial score (nSPS) is 13.6. The molecule has 0 amide bonds. The Hall–Kier alpha value is -7.11. The molecular weight excluding hydrogens is 865 g/mol. The third-order valence-corrected chi connectivity index (χ3v) is 15.2. The van der Waals surface area contributed by atoms with Gasteiger partial charge in [0.05, 0.1) is 22.4 Å². The first-order valence-corrected chi connectivity index (χ1v) is 25.4. The van der Waals surface area contributed by atoms with Crippen molar-refractivity contribution in [2.24, 2.45) is 0 Å². The van der Waals surface area contributed by atoms with Crippen LogP contribution in [0.5, 0.6) is 11.5 Å². The number of fused-ring (bicyclic) bond motifs is 4. The van der Waals surface area contributed by atoms with Crippen molar-refractivity contribution in [3.8, 4) is 17.3 Å². The number of pyridine rings is 1.